The van der Waals surface area contributed by atoms with Gasteiger partial charge in [0, 0.05) is 5.02 Å². The molecule has 2 aromatic carbocycles. The third-order valence-electron chi connectivity index (χ3n) is 5.76. The first kappa shape index (κ1) is 22.7. The largest absolute Gasteiger partial charge is 0.444 e. The van der Waals surface area contributed by atoms with Crippen LogP contribution in [0.4, 0.5) is 0 Å². The maximum absolute atomic E-state index is 13.6. The third kappa shape index (κ3) is 4.98. The Hall–Kier alpha value is -3.45. The van der Waals surface area contributed by atoms with Gasteiger partial charge in [-0.3, -0.25) is 4.79 Å². The van der Waals surface area contributed by atoms with Gasteiger partial charge in [0.05, 0.1) is 30.2 Å². The van der Waals surface area contributed by atoms with Gasteiger partial charge in [0.25, 0.3) is 5.91 Å². The summed E-state index contributed by atoms with van der Waals surface area (Å²) in [6.07, 6.45) is 2.57. The molecule has 0 aliphatic heterocycles. The van der Waals surface area contributed by atoms with E-state index in [1.165, 1.54) is 10.2 Å². The van der Waals surface area contributed by atoms with Crippen LogP contribution >= 0.6 is 11.6 Å². The molecule has 0 radical (unpaired) electrons. The van der Waals surface area contributed by atoms with Crippen LogP contribution in [0.2, 0.25) is 5.02 Å². The second-order valence-corrected chi connectivity index (χ2v) is 8.42. The van der Waals surface area contributed by atoms with Crippen LogP contribution in [-0.2, 0) is 13.0 Å². The van der Waals surface area contributed by atoms with E-state index in [0.717, 1.165) is 29.1 Å². The van der Waals surface area contributed by atoms with Crippen molar-refractivity contribution in [2.45, 2.75) is 46.7 Å². The summed E-state index contributed by atoms with van der Waals surface area (Å²) >= 11 is 6.10. The van der Waals surface area contributed by atoms with Gasteiger partial charge in [0.15, 0.2) is 5.69 Å². The van der Waals surface area contributed by atoms with Crippen LogP contribution in [-0.4, -0.2) is 30.8 Å². The van der Waals surface area contributed by atoms with Gasteiger partial charge in [0.2, 0.25) is 5.89 Å². The molecule has 2 aromatic heterocycles. The highest BCUT2D eigenvalue weighted by Crippen LogP contribution is 2.26. The summed E-state index contributed by atoms with van der Waals surface area (Å²) < 4.78 is 7.32. The van der Waals surface area contributed by atoms with E-state index in [1.807, 2.05) is 32.9 Å². The second kappa shape index (κ2) is 9.58. The minimum Gasteiger partial charge on any atom is -0.444 e. The van der Waals surface area contributed by atoms with Gasteiger partial charge in [0.1, 0.15) is 5.76 Å². The number of carbonyl (C=O) groups is 1. The molecular weight excluding hydrogens is 438 g/mol. The zero-order chi connectivity index (χ0) is 23.5. The summed E-state index contributed by atoms with van der Waals surface area (Å²) in [6.45, 7) is 8.07. The van der Waals surface area contributed by atoms with Gasteiger partial charge in [-0.1, -0.05) is 54.1 Å². The lowest BCUT2D eigenvalue weighted by atomic mass is 10.0. The number of carbonyl (C=O) groups excluding carboxylic acids is 1. The zero-order valence-electron chi connectivity index (χ0n) is 19.1. The number of oxazole rings is 1. The van der Waals surface area contributed by atoms with E-state index in [1.54, 1.807) is 23.2 Å². The van der Waals surface area contributed by atoms with Gasteiger partial charge in [-0.2, -0.15) is 0 Å². The Morgan fingerprint density at radius 2 is 1.94 bits per heavy atom. The van der Waals surface area contributed by atoms with Gasteiger partial charge >= 0.3 is 0 Å². The number of hydrogen-bond acceptors (Lipinski definition) is 5. The van der Waals surface area contributed by atoms with Crippen LogP contribution in [0.5, 0.6) is 0 Å². The molecule has 8 heteroatoms. The predicted molar refractivity (Wildman–Crippen MR) is 126 cm³/mol. The fourth-order valence-corrected chi connectivity index (χ4v) is 3.79. The minimum absolute atomic E-state index is 0.217. The lowest BCUT2D eigenvalue weighted by molar-refractivity contribution is 0.0648. The minimum atomic E-state index is -0.260. The normalized spacial score (nSPS) is 12.0. The van der Waals surface area contributed by atoms with Crippen LogP contribution in [0.1, 0.15) is 58.8 Å². The first-order valence-electron chi connectivity index (χ1n) is 10.9. The predicted octanol–water partition coefficient (Wildman–Crippen LogP) is 5.49. The molecule has 0 saturated heterocycles. The van der Waals surface area contributed by atoms with E-state index in [9.17, 15) is 4.79 Å². The molecule has 0 spiro atoms. The van der Waals surface area contributed by atoms with Crippen molar-refractivity contribution in [1.29, 1.82) is 0 Å². The molecule has 170 valence electrons. The van der Waals surface area contributed by atoms with Gasteiger partial charge in [-0.05, 0) is 56.5 Å². The number of benzene rings is 2. The number of hydrogen-bond donors (Lipinski definition) is 0. The topological polar surface area (TPSA) is 77.0 Å². The SMILES string of the molecule is CCc1ccc(C(C)N(Cc2nc(C)c(C)o2)C(=O)c2cn(-c3cccc(Cl)c3)nn2)cc1. The molecule has 4 rings (SSSR count). The van der Waals surface area contributed by atoms with Crippen LogP contribution in [0.3, 0.4) is 0 Å². The van der Waals surface area contributed by atoms with Crippen LogP contribution in [0, 0.1) is 13.8 Å². The van der Waals surface area contributed by atoms with Gasteiger partial charge < -0.3 is 9.32 Å². The molecule has 0 saturated carbocycles. The van der Waals surface area contributed by atoms with Crippen LogP contribution in [0.25, 0.3) is 5.69 Å². The van der Waals surface area contributed by atoms with Crippen LogP contribution < -0.4 is 0 Å². The van der Waals surface area contributed by atoms with Crippen molar-refractivity contribution in [1.82, 2.24) is 24.9 Å². The number of halogens is 1. The summed E-state index contributed by atoms with van der Waals surface area (Å²) in [4.78, 5) is 19.8. The number of aromatic nitrogens is 4. The van der Waals surface area contributed by atoms with E-state index in [-0.39, 0.29) is 24.2 Å². The zero-order valence-corrected chi connectivity index (χ0v) is 19.9. The van der Waals surface area contributed by atoms with Crippen molar-refractivity contribution >= 4 is 17.5 Å². The van der Waals surface area contributed by atoms with Crippen molar-refractivity contribution in [2.24, 2.45) is 0 Å². The highest BCUT2D eigenvalue weighted by molar-refractivity contribution is 6.30. The number of amides is 1. The highest BCUT2D eigenvalue weighted by atomic mass is 35.5. The fourth-order valence-electron chi connectivity index (χ4n) is 3.60. The molecule has 1 amide bonds. The molecule has 2 heterocycles. The summed E-state index contributed by atoms with van der Waals surface area (Å²) in [6, 6.07) is 15.3. The van der Waals surface area contributed by atoms with Gasteiger partial charge in [-0.25, -0.2) is 9.67 Å². The first-order chi connectivity index (χ1) is 15.9. The summed E-state index contributed by atoms with van der Waals surface area (Å²) in [5, 5.41) is 8.85. The molecule has 4 aromatic rings. The lowest BCUT2D eigenvalue weighted by Gasteiger charge is -2.28. The summed E-state index contributed by atoms with van der Waals surface area (Å²) in [5.74, 6) is 0.964. The second-order valence-electron chi connectivity index (χ2n) is 7.98. The average molecular weight is 464 g/mol. The molecule has 0 aliphatic carbocycles. The Morgan fingerprint density at radius 3 is 2.58 bits per heavy atom. The Bertz CT molecular complexity index is 1240. The molecule has 33 heavy (non-hydrogen) atoms. The molecule has 1 atom stereocenters. The molecular formula is C25H26ClN5O2. The highest BCUT2D eigenvalue weighted by Gasteiger charge is 2.27. The van der Waals surface area contributed by atoms with E-state index in [2.05, 4.69) is 46.5 Å². The number of nitrogens with zero attached hydrogens (tertiary/aromatic N) is 5. The van der Waals surface area contributed by atoms with Crippen molar-refractivity contribution in [2.75, 3.05) is 0 Å². The Morgan fingerprint density at radius 1 is 1.18 bits per heavy atom. The standard InChI is InChI=1S/C25H26ClN5O2/c1-5-19-9-11-20(12-10-19)17(3)30(15-24-27-16(2)18(4)33-24)25(32)23-14-31(29-28-23)22-8-6-7-21(26)13-22/h6-14,17H,5,15H2,1-4H3. The molecule has 7 nitrogen and oxygen atoms in total. The monoisotopic (exact) mass is 463 g/mol. The van der Waals surface area contributed by atoms with Crippen molar-refractivity contribution in [3.8, 4) is 5.69 Å². The Kier molecular flexibility index (Phi) is 6.60. The summed E-state index contributed by atoms with van der Waals surface area (Å²) in [5.41, 5.74) is 4.02. The van der Waals surface area contributed by atoms with E-state index in [0.29, 0.717) is 10.9 Å². The van der Waals surface area contributed by atoms with E-state index < -0.39 is 0 Å². The van der Waals surface area contributed by atoms with E-state index >= 15 is 0 Å². The maximum Gasteiger partial charge on any atom is 0.277 e. The smallest absolute Gasteiger partial charge is 0.277 e. The maximum atomic E-state index is 13.6. The van der Waals surface area contributed by atoms with Crippen molar-refractivity contribution in [3.63, 3.8) is 0 Å². The first-order valence-corrected chi connectivity index (χ1v) is 11.2. The third-order valence-corrected chi connectivity index (χ3v) is 6.00. The number of rotatable bonds is 7. The fraction of sp³-hybridized carbons (Fsp3) is 0.280. The summed E-state index contributed by atoms with van der Waals surface area (Å²) in [7, 11) is 0. The molecule has 0 fully saturated rings. The Balaban J connectivity index is 1.66. The average Bonchev–Trinajstić information content (AvgIpc) is 3.43. The van der Waals surface area contributed by atoms with E-state index in [4.69, 9.17) is 16.0 Å². The van der Waals surface area contributed by atoms with Crippen molar-refractivity contribution < 1.29 is 9.21 Å². The Labute approximate surface area is 198 Å². The molecule has 0 aliphatic rings. The quantitative estimate of drug-likeness (QED) is 0.362. The van der Waals surface area contributed by atoms with Gasteiger partial charge in [-0.15, -0.1) is 5.10 Å². The molecule has 0 bridgehead atoms. The number of aryl methyl sites for hydroxylation is 3. The molecule has 0 N–H and O–H groups in total. The lowest BCUT2D eigenvalue weighted by Crippen LogP contribution is -2.33. The van der Waals surface area contributed by atoms with Crippen LogP contribution in [0.15, 0.2) is 59.1 Å². The van der Waals surface area contributed by atoms with Crippen molar-refractivity contribution in [3.05, 3.63) is 93.9 Å². The molecule has 1 unspecified atom stereocenters.